The molecule has 2 N–H and O–H groups in total. The molecule has 0 bridgehead atoms. The molecule has 2 unspecified atom stereocenters. The van der Waals surface area contributed by atoms with Crippen LogP contribution in [-0.4, -0.2) is 47.1 Å². The molecule has 0 aliphatic carbocycles. The van der Waals surface area contributed by atoms with Crippen molar-refractivity contribution in [3.63, 3.8) is 0 Å². The van der Waals surface area contributed by atoms with E-state index in [4.69, 9.17) is 0 Å². The highest BCUT2D eigenvalue weighted by Crippen LogP contribution is 2.14. The van der Waals surface area contributed by atoms with E-state index in [0.29, 0.717) is 13.0 Å². The lowest BCUT2D eigenvalue weighted by atomic mass is 10.0. The van der Waals surface area contributed by atoms with Crippen LogP contribution in [0.4, 0.5) is 0 Å². The van der Waals surface area contributed by atoms with E-state index in [-0.39, 0.29) is 18.2 Å². The van der Waals surface area contributed by atoms with E-state index in [0.717, 1.165) is 11.3 Å². The molecule has 5 nitrogen and oxygen atoms in total. The summed E-state index contributed by atoms with van der Waals surface area (Å²) in [4.78, 5) is 23.9. The monoisotopic (exact) mass is 228 g/mol. The number of likely N-dealkylation sites (N-methyl/N-ethyl adjacent to an activating group) is 1. The van der Waals surface area contributed by atoms with Gasteiger partial charge in [-0.25, -0.2) is 0 Å². The van der Waals surface area contributed by atoms with Crippen LogP contribution in [0.5, 0.6) is 0 Å². The molecule has 2 amide bonds. The summed E-state index contributed by atoms with van der Waals surface area (Å²) in [6.07, 6.45) is 1.74. The van der Waals surface area contributed by atoms with Crippen molar-refractivity contribution in [2.24, 2.45) is 0 Å². The Morgan fingerprint density at radius 3 is 2.62 bits per heavy atom. The molecule has 1 saturated heterocycles. The Morgan fingerprint density at radius 2 is 2.19 bits per heavy atom. The number of rotatable bonds is 5. The number of imide groups is 1. The van der Waals surface area contributed by atoms with Gasteiger partial charge >= 0.3 is 0 Å². The fourth-order valence-corrected chi connectivity index (χ4v) is 1.89. The van der Waals surface area contributed by atoms with E-state index in [2.05, 4.69) is 5.32 Å². The Morgan fingerprint density at radius 1 is 1.56 bits per heavy atom. The smallest absolute Gasteiger partial charge is 0.246 e. The highest BCUT2D eigenvalue weighted by atomic mass is 16.3. The summed E-state index contributed by atoms with van der Waals surface area (Å²) >= 11 is 0. The second-order valence-electron chi connectivity index (χ2n) is 4.68. The zero-order valence-electron chi connectivity index (χ0n) is 10.1. The second kappa shape index (κ2) is 4.93. The summed E-state index contributed by atoms with van der Waals surface area (Å²) in [5.74, 6) is -0.380. The average Bonchev–Trinajstić information content (AvgIpc) is 2.43. The topological polar surface area (TPSA) is 69.6 Å². The standard InChI is InChI=1S/C11H20N2O3/c1-4-5-11(2,16)7-12-8-6-9(14)13(3)10(8)15/h8,12,16H,4-7H2,1-3H3. The van der Waals surface area contributed by atoms with Crippen molar-refractivity contribution in [2.45, 2.75) is 44.8 Å². The molecule has 2 atom stereocenters. The van der Waals surface area contributed by atoms with Crippen LogP contribution in [0.25, 0.3) is 0 Å². The third-order valence-corrected chi connectivity index (χ3v) is 2.90. The van der Waals surface area contributed by atoms with Gasteiger partial charge in [-0.3, -0.25) is 14.5 Å². The molecule has 16 heavy (non-hydrogen) atoms. The first kappa shape index (κ1) is 13.1. The Hall–Kier alpha value is -0.940. The number of nitrogens with one attached hydrogen (secondary N) is 1. The Labute approximate surface area is 95.8 Å². The molecule has 0 saturated carbocycles. The fraction of sp³-hybridized carbons (Fsp3) is 0.818. The minimum Gasteiger partial charge on any atom is -0.389 e. The third kappa shape index (κ3) is 3.02. The molecule has 0 aromatic heterocycles. The zero-order chi connectivity index (χ0) is 12.3. The zero-order valence-corrected chi connectivity index (χ0v) is 10.1. The van der Waals surface area contributed by atoms with Crippen molar-refractivity contribution in [2.75, 3.05) is 13.6 Å². The van der Waals surface area contributed by atoms with Crippen molar-refractivity contribution in [1.82, 2.24) is 10.2 Å². The number of amides is 2. The number of hydrogen-bond acceptors (Lipinski definition) is 4. The molecule has 0 aromatic rings. The summed E-state index contributed by atoms with van der Waals surface area (Å²) in [6.45, 7) is 4.05. The summed E-state index contributed by atoms with van der Waals surface area (Å²) < 4.78 is 0. The van der Waals surface area contributed by atoms with E-state index in [1.807, 2.05) is 6.92 Å². The first-order valence-electron chi connectivity index (χ1n) is 5.63. The van der Waals surface area contributed by atoms with Crippen molar-refractivity contribution >= 4 is 11.8 Å². The molecule has 5 heteroatoms. The predicted octanol–water partition coefficient (Wildman–Crippen LogP) is -0.116. The lowest BCUT2D eigenvalue weighted by Gasteiger charge is -2.24. The second-order valence-corrected chi connectivity index (χ2v) is 4.68. The average molecular weight is 228 g/mol. The maximum Gasteiger partial charge on any atom is 0.246 e. The lowest BCUT2D eigenvalue weighted by molar-refractivity contribution is -0.137. The van der Waals surface area contributed by atoms with Crippen LogP contribution in [0, 0.1) is 0 Å². The van der Waals surface area contributed by atoms with Gasteiger partial charge in [-0.1, -0.05) is 13.3 Å². The first-order valence-corrected chi connectivity index (χ1v) is 5.63. The predicted molar refractivity (Wildman–Crippen MR) is 59.7 cm³/mol. The largest absolute Gasteiger partial charge is 0.389 e. The minimum atomic E-state index is -0.820. The number of aliphatic hydroxyl groups is 1. The van der Waals surface area contributed by atoms with Gasteiger partial charge in [0.2, 0.25) is 11.8 Å². The lowest BCUT2D eigenvalue weighted by Crippen LogP contribution is -2.45. The summed E-state index contributed by atoms with van der Waals surface area (Å²) in [6, 6.07) is -0.471. The molecule has 1 rings (SSSR count). The SMILES string of the molecule is CCCC(C)(O)CNC1CC(=O)N(C)C1=O. The van der Waals surface area contributed by atoms with Gasteiger partial charge in [-0.15, -0.1) is 0 Å². The maximum absolute atomic E-state index is 11.6. The normalized spacial score (nSPS) is 25.0. The van der Waals surface area contributed by atoms with Crippen molar-refractivity contribution < 1.29 is 14.7 Å². The summed E-state index contributed by atoms with van der Waals surface area (Å²) in [5.41, 5.74) is -0.820. The van der Waals surface area contributed by atoms with Gasteiger partial charge in [0.1, 0.15) is 0 Å². The maximum atomic E-state index is 11.6. The van der Waals surface area contributed by atoms with Crippen LogP contribution in [0.1, 0.15) is 33.1 Å². The molecule has 92 valence electrons. The van der Waals surface area contributed by atoms with Crippen LogP contribution in [0.3, 0.4) is 0 Å². The van der Waals surface area contributed by atoms with Crippen molar-refractivity contribution in [1.29, 1.82) is 0 Å². The van der Waals surface area contributed by atoms with Gasteiger partial charge in [-0.2, -0.15) is 0 Å². The first-order chi connectivity index (χ1) is 7.37. The highest BCUT2D eigenvalue weighted by Gasteiger charge is 2.36. The molecule has 1 aliphatic heterocycles. The van der Waals surface area contributed by atoms with E-state index in [1.54, 1.807) is 6.92 Å². The number of likely N-dealkylation sites (tertiary alicyclic amines) is 1. The van der Waals surface area contributed by atoms with Crippen LogP contribution in [0.15, 0.2) is 0 Å². The molecule has 1 heterocycles. The van der Waals surface area contributed by atoms with Gasteiger partial charge in [0.25, 0.3) is 0 Å². The van der Waals surface area contributed by atoms with Gasteiger partial charge in [0, 0.05) is 13.6 Å². The van der Waals surface area contributed by atoms with E-state index in [1.165, 1.54) is 7.05 Å². The Bertz CT molecular complexity index is 289. The van der Waals surface area contributed by atoms with E-state index < -0.39 is 11.6 Å². The summed E-state index contributed by atoms with van der Waals surface area (Å²) in [5, 5.41) is 12.9. The molecule has 0 spiro atoms. The number of carbonyl (C=O) groups excluding carboxylic acids is 2. The number of nitrogens with zero attached hydrogens (tertiary/aromatic N) is 1. The Balaban J connectivity index is 2.45. The van der Waals surface area contributed by atoms with Gasteiger partial charge < -0.3 is 10.4 Å². The van der Waals surface area contributed by atoms with Crippen LogP contribution in [0.2, 0.25) is 0 Å². The molecule has 1 fully saturated rings. The van der Waals surface area contributed by atoms with Crippen LogP contribution < -0.4 is 5.32 Å². The molecule has 0 radical (unpaired) electrons. The van der Waals surface area contributed by atoms with Gasteiger partial charge in [-0.05, 0) is 13.3 Å². The van der Waals surface area contributed by atoms with Gasteiger partial charge in [0.15, 0.2) is 0 Å². The third-order valence-electron chi connectivity index (χ3n) is 2.90. The van der Waals surface area contributed by atoms with Crippen molar-refractivity contribution in [3.05, 3.63) is 0 Å². The molecule has 0 aromatic carbocycles. The number of hydrogen-bond donors (Lipinski definition) is 2. The highest BCUT2D eigenvalue weighted by molar-refractivity contribution is 6.05. The quantitative estimate of drug-likeness (QED) is 0.644. The molecule has 1 aliphatic rings. The number of carbonyl (C=O) groups is 2. The van der Waals surface area contributed by atoms with Crippen LogP contribution >= 0.6 is 0 Å². The summed E-state index contributed by atoms with van der Waals surface area (Å²) in [7, 11) is 1.48. The van der Waals surface area contributed by atoms with Crippen molar-refractivity contribution in [3.8, 4) is 0 Å². The molecular weight excluding hydrogens is 208 g/mol. The van der Waals surface area contributed by atoms with Crippen LogP contribution in [-0.2, 0) is 9.59 Å². The Kier molecular flexibility index (Phi) is 4.04. The van der Waals surface area contributed by atoms with Gasteiger partial charge in [0.05, 0.1) is 18.1 Å². The minimum absolute atomic E-state index is 0.169. The molecular formula is C11H20N2O3. The van der Waals surface area contributed by atoms with E-state index >= 15 is 0 Å². The fourth-order valence-electron chi connectivity index (χ4n) is 1.89. The van der Waals surface area contributed by atoms with E-state index in [9.17, 15) is 14.7 Å².